The third-order valence-corrected chi connectivity index (χ3v) is 5.74. The number of likely N-dealkylation sites (tertiary alicyclic amines) is 1. The van der Waals surface area contributed by atoms with Crippen molar-refractivity contribution in [2.24, 2.45) is 5.92 Å². The lowest BCUT2D eigenvalue weighted by Gasteiger charge is -2.33. The Hall–Kier alpha value is -2.11. The van der Waals surface area contributed by atoms with Crippen LogP contribution < -0.4 is 5.32 Å². The highest BCUT2D eigenvalue weighted by atomic mass is 16.5. The highest BCUT2D eigenvalue weighted by Gasteiger charge is 2.48. The molecule has 1 aromatic heterocycles. The second-order valence-corrected chi connectivity index (χ2v) is 7.45. The fraction of sp³-hybridized carbons (Fsp3) is 0.632. The second-order valence-electron chi connectivity index (χ2n) is 7.45. The number of hydrogen-bond acceptors (Lipinski definition) is 5. The van der Waals surface area contributed by atoms with E-state index in [0.717, 1.165) is 31.5 Å². The Bertz CT molecular complexity index is 656. The van der Waals surface area contributed by atoms with Gasteiger partial charge in [-0.05, 0) is 50.2 Å². The van der Waals surface area contributed by atoms with E-state index in [1.807, 2.05) is 12.1 Å². The van der Waals surface area contributed by atoms with Gasteiger partial charge in [-0.1, -0.05) is 12.8 Å². The molecule has 1 saturated heterocycles. The Morgan fingerprint density at radius 1 is 1.20 bits per heavy atom. The van der Waals surface area contributed by atoms with Crippen molar-refractivity contribution in [3.05, 3.63) is 23.9 Å². The van der Waals surface area contributed by atoms with E-state index in [1.54, 1.807) is 11.1 Å². The van der Waals surface area contributed by atoms with Crippen LogP contribution in [0.25, 0.3) is 0 Å². The van der Waals surface area contributed by atoms with Crippen LogP contribution in [0.3, 0.4) is 0 Å². The van der Waals surface area contributed by atoms with Crippen LogP contribution in [0.1, 0.15) is 55.3 Å². The minimum absolute atomic E-state index is 0.102. The number of carbonyl (C=O) groups is 2. The lowest BCUT2D eigenvalue weighted by atomic mass is 9.84. The molecule has 1 amide bonds. The van der Waals surface area contributed by atoms with Crippen molar-refractivity contribution in [1.82, 2.24) is 9.88 Å². The molecule has 0 bridgehead atoms. The molecule has 6 heteroatoms. The Morgan fingerprint density at radius 3 is 2.68 bits per heavy atom. The van der Waals surface area contributed by atoms with Gasteiger partial charge in [-0.2, -0.15) is 0 Å². The smallest absolute Gasteiger partial charge is 0.328 e. The number of nitrogens with one attached hydrogen (secondary N) is 1. The minimum atomic E-state index is -0.463. The summed E-state index contributed by atoms with van der Waals surface area (Å²) in [5, 5.41) is 3.32. The number of methoxy groups -OCH3 is 1. The maximum atomic E-state index is 13.1. The van der Waals surface area contributed by atoms with Gasteiger partial charge in [0.25, 0.3) is 5.91 Å². The molecule has 3 atom stereocenters. The number of nitrogens with zero attached hydrogens (tertiary/aromatic N) is 2. The summed E-state index contributed by atoms with van der Waals surface area (Å²) < 4.78 is 4.97. The molecule has 3 aliphatic rings. The maximum absolute atomic E-state index is 13.1. The van der Waals surface area contributed by atoms with Crippen LogP contribution in [-0.2, 0) is 9.53 Å². The molecule has 4 rings (SSSR count). The molecule has 2 aliphatic carbocycles. The number of pyridine rings is 1. The topological polar surface area (TPSA) is 71.5 Å². The number of rotatable bonds is 4. The van der Waals surface area contributed by atoms with Crippen LogP contribution in [0, 0.1) is 5.92 Å². The number of hydrogen-bond donors (Lipinski definition) is 1. The van der Waals surface area contributed by atoms with Gasteiger partial charge >= 0.3 is 5.97 Å². The SMILES string of the molecule is COC(=O)[C@@H]1C[C@@H]2CCCC[C@H]2N1C(=O)c1ccc(NC2CC2)nc1. The average molecular weight is 343 g/mol. The van der Waals surface area contributed by atoms with Gasteiger partial charge < -0.3 is 15.0 Å². The zero-order valence-corrected chi connectivity index (χ0v) is 14.6. The van der Waals surface area contributed by atoms with Gasteiger partial charge in [-0.15, -0.1) is 0 Å². The fourth-order valence-corrected chi connectivity index (χ4v) is 4.29. The van der Waals surface area contributed by atoms with Crippen LogP contribution in [0.15, 0.2) is 18.3 Å². The number of carbonyl (C=O) groups excluding carboxylic acids is 2. The lowest BCUT2D eigenvalue weighted by molar-refractivity contribution is -0.145. The van der Waals surface area contributed by atoms with E-state index >= 15 is 0 Å². The summed E-state index contributed by atoms with van der Waals surface area (Å²) in [4.78, 5) is 31.5. The Morgan fingerprint density at radius 2 is 2.00 bits per heavy atom. The number of anilines is 1. The first-order chi connectivity index (χ1) is 12.2. The van der Waals surface area contributed by atoms with Crippen molar-refractivity contribution in [2.45, 2.75) is 63.1 Å². The summed E-state index contributed by atoms with van der Waals surface area (Å²) in [5.41, 5.74) is 0.543. The predicted octanol–water partition coefficient (Wildman–Crippen LogP) is 2.60. The third-order valence-electron chi connectivity index (χ3n) is 5.74. The highest BCUT2D eigenvalue weighted by molar-refractivity contribution is 5.97. The number of aromatic nitrogens is 1. The van der Waals surface area contributed by atoms with Crippen molar-refractivity contribution in [3.8, 4) is 0 Å². The Labute approximate surface area is 147 Å². The van der Waals surface area contributed by atoms with Crippen molar-refractivity contribution in [1.29, 1.82) is 0 Å². The number of fused-ring (bicyclic) bond motifs is 1. The first-order valence-electron chi connectivity index (χ1n) is 9.30. The van der Waals surface area contributed by atoms with E-state index in [-0.39, 0.29) is 17.9 Å². The summed E-state index contributed by atoms with van der Waals surface area (Å²) in [5.74, 6) is 0.809. The molecule has 0 aromatic carbocycles. The van der Waals surface area contributed by atoms with Crippen LogP contribution in [0.2, 0.25) is 0 Å². The molecular formula is C19H25N3O3. The standard InChI is InChI=1S/C19H25N3O3/c1-25-19(24)16-10-12-4-2-3-5-15(12)22(16)18(23)13-6-9-17(20-11-13)21-14-7-8-14/h6,9,11-12,14-16H,2-5,7-8,10H2,1H3,(H,20,21)/t12-,15+,16-/m0/s1. The predicted molar refractivity (Wildman–Crippen MR) is 93.2 cm³/mol. The van der Waals surface area contributed by atoms with Gasteiger partial charge in [-0.3, -0.25) is 4.79 Å². The summed E-state index contributed by atoms with van der Waals surface area (Å²) in [6, 6.07) is 3.88. The lowest BCUT2D eigenvalue weighted by Crippen LogP contribution is -2.46. The van der Waals surface area contributed by atoms with Gasteiger partial charge in [0.05, 0.1) is 12.7 Å². The van der Waals surface area contributed by atoms with Crippen LogP contribution in [0.5, 0.6) is 0 Å². The molecule has 0 spiro atoms. The van der Waals surface area contributed by atoms with Gasteiger partial charge in [0, 0.05) is 18.3 Å². The van der Waals surface area contributed by atoms with Gasteiger partial charge in [0.1, 0.15) is 11.9 Å². The minimum Gasteiger partial charge on any atom is -0.467 e. The first-order valence-corrected chi connectivity index (χ1v) is 9.30. The molecule has 1 aliphatic heterocycles. The van der Waals surface area contributed by atoms with E-state index in [2.05, 4.69) is 10.3 Å². The summed E-state index contributed by atoms with van der Waals surface area (Å²) in [6.45, 7) is 0. The molecule has 0 radical (unpaired) electrons. The third kappa shape index (κ3) is 3.22. The normalized spacial score (nSPS) is 28.4. The molecule has 1 aromatic rings. The Kier molecular flexibility index (Phi) is 4.36. The van der Waals surface area contributed by atoms with Crippen LogP contribution in [0.4, 0.5) is 5.82 Å². The summed E-state index contributed by atoms with van der Waals surface area (Å²) >= 11 is 0. The summed E-state index contributed by atoms with van der Waals surface area (Å²) in [7, 11) is 1.40. The van der Waals surface area contributed by atoms with E-state index in [9.17, 15) is 9.59 Å². The quantitative estimate of drug-likeness (QED) is 0.851. The van der Waals surface area contributed by atoms with Crippen molar-refractivity contribution < 1.29 is 14.3 Å². The number of esters is 1. The van der Waals surface area contributed by atoms with Gasteiger partial charge in [0.15, 0.2) is 0 Å². The van der Waals surface area contributed by atoms with Crippen molar-refractivity contribution >= 4 is 17.7 Å². The van der Waals surface area contributed by atoms with Crippen LogP contribution in [-0.4, -0.2) is 47.0 Å². The zero-order valence-electron chi connectivity index (χ0n) is 14.6. The average Bonchev–Trinajstić information content (AvgIpc) is 3.37. The highest BCUT2D eigenvalue weighted by Crippen LogP contribution is 2.40. The molecule has 25 heavy (non-hydrogen) atoms. The van der Waals surface area contributed by atoms with Crippen LogP contribution >= 0.6 is 0 Å². The number of amides is 1. The molecule has 1 N–H and O–H groups in total. The summed E-state index contributed by atoms with van der Waals surface area (Å²) in [6.07, 6.45) is 9.06. The molecular weight excluding hydrogens is 318 g/mol. The van der Waals surface area contributed by atoms with E-state index in [0.29, 0.717) is 17.5 Å². The fourth-order valence-electron chi connectivity index (χ4n) is 4.29. The van der Waals surface area contributed by atoms with E-state index < -0.39 is 6.04 Å². The zero-order chi connectivity index (χ0) is 17.4. The molecule has 0 unspecified atom stereocenters. The molecule has 134 valence electrons. The Balaban J connectivity index is 1.55. The molecule has 2 heterocycles. The van der Waals surface area contributed by atoms with Gasteiger partial charge in [-0.25, -0.2) is 9.78 Å². The second kappa shape index (κ2) is 6.65. The molecule has 6 nitrogen and oxygen atoms in total. The van der Waals surface area contributed by atoms with Gasteiger partial charge in [0.2, 0.25) is 0 Å². The monoisotopic (exact) mass is 343 g/mol. The first kappa shape index (κ1) is 16.4. The largest absolute Gasteiger partial charge is 0.467 e. The number of ether oxygens (including phenoxy) is 1. The maximum Gasteiger partial charge on any atom is 0.328 e. The van der Waals surface area contributed by atoms with E-state index in [1.165, 1.54) is 26.4 Å². The molecule has 3 fully saturated rings. The molecule has 2 saturated carbocycles. The van der Waals surface area contributed by atoms with E-state index in [4.69, 9.17) is 4.74 Å². The van der Waals surface area contributed by atoms with Crippen molar-refractivity contribution in [3.63, 3.8) is 0 Å². The van der Waals surface area contributed by atoms with Crippen molar-refractivity contribution in [2.75, 3.05) is 12.4 Å².